The van der Waals surface area contributed by atoms with E-state index >= 15 is 0 Å². The minimum atomic E-state index is -0.634. The Labute approximate surface area is 97.4 Å². The van der Waals surface area contributed by atoms with E-state index in [-0.39, 0.29) is 24.4 Å². The molecule has 0 aromatic rings. The zero-order chi connectivity index (χ0) is 12.3. The van der Waals surface area contributed by atoms with Gasteiger partial charge >= 0.3 is 0 Å². The van der Waals surface area contributed by atoms with Crippen molar-refractivity contribution in [2.75, 3.05) is 6.54 Å². The smallest absolute Gasteiger partial charge is 0.246 e. The lowest BCUT2D eigenvalue weighted by Crippen LogP contribution is -2.68. The second-order valence-electron chi connectivity index (χ2n) is 4.44. The van der Waals surface area contributed by atoms with Gasteiger partial charge in [0, 0.05) is 6.04 Å². The topological polar surface area (TPSA) is 49.4 Å². The highest BCUT2D eigenvalue weighted by atomic mass is 16.2. The second-order valence-corrected chi connectivity index (χ2v) is 4.44. The molecule has 1 unspecified atom stereocenters. The van der Waals surface area contributed by atoms with E-state index in [1.807, 2.05) is 27.7 Å². The Kier molecular flexibility index (Phi) is 3.94. The van der Waals surface area contributed by atoms with E-state index in [1.165, 1.54) is 0 Å². The first-order chi connectivity index (χ1) is 7.53. The standard InChI is InChI=1S/C12H22N2O2/c1-5-9(4)14-10(15)8-13-11(16)12(14,6-2)7-3/h9H,5-8H2,1-4H3,(H,13,16). The minimum absolute atomic E-state index is 0.00241. The molecular formula is C12H22N2O2. The highest BCUT2D eigenvalue weighted by molar-refractivity contribution is 5.98. The average Bonchev–Trinajstić information content (AvgIpc) is 2.31. The lowest BCUT2D eigenvalue weighted by atomic mass is 9.85. The quantitative estimate of drug-likeness (QED) is 0.785. The van der Waals surface area contributed by atoms with E-state index in [4.69, 9.17) is 0 Å². The predicted octanol–water partition coefficient (Wildman–Crippen LogP) is 1.30. The SMILES string of the molecule is CCC(C)N1C(=O)CNC(=O)C1(CC)CC. The summed E-state index contributed by atoms with van der Waals surface area (Å²) in [5.41, 5.74) is -0.634. The first-order valence-electron chi connectivity index (χ1n) is 6.13. The van der Waals surface area contributed by atoms with Crippen LogP contribution in [0.2, 0.25) is 0 Å². The molecule has 16 heavy (non-hydrogen) atoms. The van der Waals surface area contributed by atoms with Crippen molar-refractivity contribution in [3.8, 4) is 0 Å². The molecule has 0 bridgehead atoms. The van der Waals surface area contributed by atoms with E-state index in [9.17, 15) is 9.59 Å². The van der Waals surface area contributed by atoms with Crippen LogP contribution in [0.4, 0.5) is 0 Å². The van der Waals surface area contributed by atoms with E-state index < -0.39 is 5.54 Å². The van der Waals surface area contributed by atoms with Crippen molar-refractivity contribution in [2.45, 2.75) is 58.5 Å². The van der Waals surface area contributed by atoms with Gasteiger partial charge in [-0.15, -0.1) is 0 Å². The minimum Gasteiger partial charge on any atom is -0.345 e. The van der Waals surface area contributed by atoms with Gasteiger partial charge < -0.3 is 10.2 Å². The molecule has 1 N–H and O–H groups in total. The molecule has 0 saturated carbocycles. The Hall–Kier alpha value is -1.06. The number of hydrogen-bond acceptors (Lipinski definition) is 2. The average molecular weight is 226 g/mol. The number of carbonyl (C=O) groups is 2. The van der Waals surface area contributed by atoms with Crippen molar-refractivity contribution >= 4 is 11.8 Å². The molecule has 1 heterocycles. The summed E-state index contributed by atoms with van der Waals surface area (Å²) < 4.78 is 0. The van der Waals surface area contributed by atoms with Gasteiger partial charge in [-0.3, -0.25) is 9.59 Å². The summed E-state index contributed by atoms with van der Waals surface area (Å²) in [6, 6.07) is 0.124. The van der Waals surface area contributed by atoms with Gasteiger partial charge in [0.25, 0.3) is 0 Å². The van der Waals surface area contributed by atoms with Crippen LogP contribution in [0.5, 0.6) is 0 Å². The molecule has 0 radical (unpaired) electrons. The summed E-state index contributed by atoms with van der Waals surface area (Å²) in [7, 11) is 0. The van der Waals surface area contributed by atoms with Crippen LogP contribution in [0, 0.1) is 0 Å². The Balaban J connectivity index is 3.13. The molecule has 4 nitrogen and oxygen atoms in total. The van der Waals surface area contributed by atoms with Crippen LogP contribution in [0.1, 0.15) is 47.0 Å². The lowest BCUT2D eigenvalue weighted by Gasteiger charge is -2.48. The molecule has 2 amide bonds. The maximum Gasteiger partial charge on any atom is 0.246 e. The van der Waals surface area contributed by atoms with Gasteiger partial charge in [0.05, 0.1) is 6.54 Å². The highest BCUT2D eigenvalue weighted by Crippen LogP contribution is 2.30. The van der Waals surface area contributed by atoms with Crippen LogP contribution < -0.4 is 5.32 Å². The molecule has 0 aliphatic carbocycles. The largest absolute Gasteiger partial charge is 0.345 e. The number of piperazine rings is 1. The van der Waals surface area contributed by atoms with Crippen LogP contribution in [-0.4, -0.2) is 34.8 Å². The van der Waals surface area contributed by atoms with Gasteiger partial charge in [0.2, 0.25) is 11.8 Å². The summed E-state index contributed by atoms with van der Waals surface area (Å²) in [6.45, 7) is 8.14. The molecule has 1 aliphatic heterocycles. The highest BCUT2D eigenvalue weighted by Gasteiger charge is 2.48. The number of amides is 2. The third kappa shape index (κ3) is 1.81. The van der Waals surface area contributed by atoms with Gasteiger partial charge in [-0.1, -0.05) is 20.8 Å². The Morgan fingerprint density at radius 2 is 1.88 bits per heavy atom. The Morgan fingerprint density at radius 1 is 1.31 bits per heavy atom. The predicted molar refractivity (Wildman–Crippen MR) is 62.9 cm³/mol. The number of nitrogens with one attached hydrogen (secondary N) is 1. The molecule has 0 spiro atoms. The fraction of sp³-hybridized carbons (Fsp3) is 0.833. The Bertz CT molecular complexity index is 285. The van der Waals surface area contributed by atoms with Crippen LogP contribution >= 0.6 is 0 Å². The normalized spacial score (nSPS) is 21.9. The van der Waals surface area contributed by atoms with Crippen molar-refractivity contribution in [1.29, 1.82) is 0 Å². The third-order valence-electron chi connectivity index (χ3n) is 3.75. The fourth-order valence-corrected chi connectivity index (χ4v) is 2.52. The fourth-order valence-electron chi connectivity index (χ4n) is 2.52. The first-order valence-corrected chi connectivity index (χ1v) is 6.13. The monoisotopic (exact) mass is 226 g/mol. The lowest BCUT2D eigenvalue weighted by molar-refractivity contribution is -0.157. The molecule has 1 rings (SSSR count). The summed E-state index contributed by atoms with van der Waals surface area (Å²) in [6.07, 6.45) is 2.22. The van der Waals surface area contributed by atoms with Gasteiger partial charge in [0.15, 0.2) is 0 Å². The Morgan fingerprint density at radius 3 is 2.31 bits per heavy atom. The molecule has 0 aromatic heterocycles. The summed E-state index contributed by atoms with van der Waals surface area (Å²) in [4.78, 5) is 25.8. The van der Waals surface area contributed by atoms with E-state index in [1.54, 1.807) is 4.90 Å². The van der Waals surface area contributed by atoms with Gasteiger partial charge in [-0.25, -0.2) is 0 Å². The van der Waals surface area contributed by atoms with Crippen molar-refractivity contribution in [2.24, 2.45) is 0 Å². The van der Waals surface area contributed by atoms with E-state index in [0.717, 1.165) is 6.42 Å². The molecule has 4 heteroatoms. The van der Waals surface area contributed by atoms with Gasteiger partial charge in [-0.2, -0.15) is 0 Å². The number of nitrogens with zero attached hydrogens (tertiary/aromatic N) is 1. The maximum atomic E-state index is 12.0. The molecule has 92 valence electrons. The van der Waals surface area contributed by atoms with Crippen molar-refractivity contribution in [3.63, 3.8) is 0 Å². The van der Waals surface area contributed by atoms with Crippen molar-refractivity contribution in [1.82, 2.24) is 10.2 Å². The summed E-state index contributed by atoms with van der Waals surface area (Å²) >= 11 is 0. The maximum absolute atomic E-state index is 12.0. The van der Waals surface area contributed by atoms with Gasteiger partial charge in [-0.05, 0) is 26.2 Å². The van der Waals surface area contributed by atoms with E-state index in [0.29, 0.717) is 12.8 Å². The molecule has 0 aromatic carbocycles. The molecule has 1 aliphatic rings. The van der Waals surface area contributed by atoms with Crippen LogP contribution in [0.25, 0.3) is 0 Å². The summed E-state index contributed by atoms with van der Waals surface area (Å²) in [5, 5.41) is 2.70. The first kappa shape index (κ1) is 13.0. The van der Waals surface area contributed by atoms with Crippen molar-refractivity contribution in [3.05, 3.63) is 0 Å². The third-order valence-corrected chi connectivity index (χ3v) is 3.75. The number of rotatable bonds is 4. The van der Waals surface area contributed by atoms with Crippen molar-refractivity contribution < 1.29 is 9.59 Å². The van der Waals surface area contributed by atoms with Crippen LogP contribution in [0.15, 0.2) is 0 Å². The number of carbonyl (C=O) groups excluding carboxylic acids is 2. The number of hydrogen-bond donors (Lipinski definition) is 1. The molecule has 1 atom stereocenters. The van der Waals surface area contributed by atoms with Gasteiger partial charge in [0.1, 0.15) is 5.54 Å². The zero-order valence-corrected chi connectivity index (χ0v) is 10.7. The molecular weight excluding hydrogens is 204 g/mol. The van der Waals surface area contributed by atoms with Crippen LogP contribution in [0.3, 0.4) is 0 Å². The van der Waals surface area contributed by atoms with Crippen LogP contribution in [-0.2, 0) is 9.59 Å². The molecule has 1 saturated heterocycles. The zero-order valence-electron chi connectivity index (χ0n) is 10.7. The summed E-state index contributed by atoms with van der Waals surface area (Å²) in [5.74, 6) is 0.0371. The van der Waals surface area contributed by atoms with E-state index in [2.05, 4.69) is 5.32 Å². The molecule has 1 fully saturated rings. The second kappa shape index (κ2) is 4.85.